The molecule has 0 aromatic carbocycles. The highest BCUT2D eigenvalue weighted by atomic mass is 16.1. The van der Waals surface area contributed by atoms with E-state index in [0.717, 1.165) is 44.5 Å². The molecule has 25 heavy (non-hydrogen) atoms. The van der Waals surface area contributed by atoms with Crippen LogP contribution in [0.25, 0.3) is 0 Å². The fourth-order valence-corrected chi connectivity index (χ4v) is 4.10. The number of nitrogens with one attached hydrogen (secondary N) is 1. The molecule has 0 spiro atoms. The number of amides is 1. The highest BCUT2D eigenvalue weighted by Gasteiger charge is 2.24. The summed E-state index contributed by atoms with van der Waals surface area (Å²) in [6.07, 6.45) is 10.5. The first-order valence-electron chi connectivity index (χ1n) is 9.77. The average Bonchev–Trinajstić information content (AvgIpc) is 2.62. The first kappa shape index (κ1) is 18.0. The third-order valence-corrected chi connectivity index (χ3v) is 5.48. The van der Waals surface area contributed by atoms with E-state index in [0.29, 0.717) is 24.9 Å². The van der Waals surface area contributed by atoms with Gasteiger partial charge in [-0.3, -0.25) is 9.59 Å². The van der Waals surface area contributed by atoms with Gasteiger partial charge in [-0.25, -0.2) is 4.68 Å². The highest BCUT2D eigenvalue weighted by molar-refractivity contribution is 5.76. The predicted octanol–water partition coefficient (Wildman–Crippen LogP) is 2.32. The van der Waals surface area contributed by atoms with Crippen molar-refractivity contribution >= 4 is 11.6 Å². The number of hydrogen-bond acceptors (Lipinski definition) is 4. The van der Waals surface area contributed by atoms with E-state index in [2.05, 4.69) is 15.3 Å². The Morgan fingerprint density at radius 2 is 2.04 bits per heavy atom. The SMILES string of the molecule is CCn1ncc(N2CCCC(CC(=O)NC3CCCCC3)C2)cc1=O. The van der Waals surface area contributed by atoms with Crippen LogP contribution in [-0.4, -0.2) is 34.8 Å². The second-order valence-electron chi connectivity index (χ2n) is 7.43. The molecule has 2 aliphatic rings. The molecular formula is C19H30N4O2. The normalized spacial score (nSPS) is 22.0. The van der Waals surface area contributed by atoms with Gasteiger partial charge in [-0.15, -0.1) is 0 Å². The molecule has 138 valence electrons. The summed E-state index contributed by atoms with van der Waals surface area (Å²) in [6.45, 7) is 4.26. The number of nitrogens with zero attached hydrogens (tertiary/aromatic N) is 3. The van der Waals surface area contributed by atoms with E-state index < -0.39 is 0 Å². The third kappa shape index (κ3) is 4.83. The fourth-order valence-electron chi connectivity index (χ4n) is 4.10. The molecular weight excluding hydrogens is 316 g/mol. The number of carbonyl (C=O) groups is 1. The molecule has 1 amide bonds. The van der Waals surface area contributed by atoms with Gasteiger partial charge < -0.3 is 10.2 Å². The summed E-state index contributed by atoms with van der Waals surface area (Å²) in [5.41, 5.74) is 0.823. The Bertz CT molecular complexity index is 637. The first-order valence-corrected chi connectivity index (χ1v) is 9.77. The molecule has 1 aromatic heterocycles. The largest absolute Gasteiger partial charge is 0.370 e. The molecule has 1 N–H and O–H groups in total. The van der Waals surface area contributed by atoms with Crippen molar-refractivity contribution in [2.45, 2.75) is 70.9 Å². The number of rotatable bonds is 5. The van der Waals surface area contributed by atoms with Crippen molar-refractivity contribution in [3.63, 3.8) is 0 Å². The zero-order valence-corrected chi connectivity index (χ0v) is 15.2. The molecule has 3 rings (SSSR count). The summed E-state index contributed by atoms with van der Waals surface area (Å²) < 4.78 is 1.46. The van der Waals surface area contributed by atoms with Crippen LogP contribution in [0.15, 0.2) is 17.1 Å². The average molecular weight is 346 g/mol. The standard InChI is InChI=1S/C19H30N4O2/c1-2-23-19(25)12-17(13-20-23)22-10-6-7-15(14-22)11-18(24)21-16-8-4-3-5-9-16/h12-13,15-16H,2-11,14H2,1H3,(H,21,24). The molecule has 1 saturated heterocycles. The lowest BCUT2D eigenvalue weighted by Gasteiger charge is -2.34. The molecule has 6 nitrogen and oxygen atoms in total. The van der Waals surface area contributed by atoms with Crippen LogP contribution in [0.1, 0.15) is 58.3 Å². The zero-order chi connectivity index (χ0) is 17.6. The van der Waals surface area contributed by atoms with Crippen molar-refractivity contribution in [2.75, 3.05) is 18.0 Å². The first-order chi connectivity index (χ1) is 12.2. The van der Waals surface area contributed by atoms with E-state index in [-0.39, 0.29) is 11.5 Å². The number of hydrogen-bond donors (Lipinski definition) is 1. The van der Waals surface area contributed by atoms with Crippen LogP contribution >= 0.6 is 0 Å². The van der Waals surface area contributed by atoms with Crippen LogP contribution < -0.4 is 15.8 Å². The number of aryl methyl sites for hydroxylation is 1. The van der Waals surface area contributed by atoms with E-state index in [1.165, 1.54) is 23.9 Å². The Labute approximate surface area is 149 Å². The number of piperidine rings is 1. The second-order valence-corrected chi connectivity index (χ2v) is 7.43. The van der Waals surface area contributed by atoms with Crippen molar-refractivity contribution in [1.82, 2.24) is 15.1 Å². The molecule has 2 heterocycles. The molecule has 1 aromatic rings. The number of aromatic nitrogens is 2. The molecule has 0 radical (unpaired) electrons. The van der Waals surface area contributed by atoms with Crippen LogP contribution in [-0.2, 0) is 11.3 Å². The predicted molar refractivity (Wildman–Crippen MR) is 98.7 cm³/mol. The summed E-state index contributed by atoms with van der Waals surface area (Å²) in [4.78, 5) is 26.6. The quantitative estimate of drug-likeness (QED) is 0.888. The van der Waals surface area contributed by atoms with Gasteiger partial charge in [-0.05, 0) is 38.5 Å². The van der Waals surface area contributed by atoms with Crippen molar-refractivity contribution in [2.24, 2.45) is 5.92 Å². The van der Waals surface area contributed by atoms with Crippen molar-refractivity contribution < 1.29 is 4.79 Å². The second kappa shape index (κ2) is 8.50. The van der Waals surface area contributed by atoms with Crippen molar-refractivity contribution in [3.8, 4) is 0 Å². The van der Waals surface area contributed by atoms with Crippen molar-refractivity contribution in [1.29, 1.82) is 0 Å². The molecule has 6 heteroatoms. The van der Waals surface area contributed by atoms with Crippen LogP contribution in [0, 0.1) is 5.92 Å². The molecule has 1 saturated carbocycles. The molecule has 1 aliphatic carbocycles. The van der Waals surface area contributed by atoms with Gasteiger partial charge in [0.25, 0.3) is 5.56 Å². The monoisotopic (exact) mass is 346 g/mol. The van der Waals surface area contributed by atoms with Gasteiger partial charge in [0.2, 0.25) is 5.91 Å². The Kier molecular flexibility index (Phi) is 6.10. The fraction of sp³-hybridized carbons (Fsp3) is 0.737. The van der Waals surface area contributed by atoms with Gasteiger partial charge >= 0.3 is 0 Å². The summed E-state index contributed by atoms with van der Waals surface area (Å²) >= 11 is 0. The lowest BCUT2D eigenvalue weighted by Crippen LogP contribution is -2.41. The van der Waals surface area contributed by atoms with Gasteiger partial charge in [0.15, 0.2) is 0 Å². The molecule has 1 unspecified atom stereocenters. The van der Waals surface area contributed by atoms with Crippen LogP contribution in [0.3, 0.4) is 0 Å². The minimum absolute atomic E-state index is 0.0582. The van der Waals surface area contributed by atoms with E-state index in [1.807, 2.05) is 6.92 Å². The van der Waals surface area contributed by atoms with E-state index in [1.54, 1.807) is 12.3 Å². The van der Waals surface area contributed by atoms with Gasteiger partial charge in [0.05, 0.1) is 11.9 Å². The van der Waals surface area contributed by atoms with Crippen LogP contribution in [0.2, 0.25) is 0 Å². The summed E-state index contributed by atoms with van der Waals surface area (Å²) in [6, 6.07) is 2.05. The van der Waals surface area contributed by atoms with Gasteiger partial charge in [-0.2, -0.15) is 5.10 Å². The topological polar surface area (TPSA) is 67.2 Å². The Morgan fingerprint density at radius 1 is 1.24 bits per heavy atom. The molecule has 1 atom stereocenters. The Hall–Kier alpha value is -1.85. The lowest BCUT2D eigenvalue weighted by atomic mass is 9.92. The number of anilines is 1. The number of carbonyl (C=O) groups excluding carboxylic acids is 1. The summed E-state index contributed by atoms with van der Waals surface area (Å²) in [5.74, 6) is 0.546. The van der Waals surface area contributed by atoms with Crippen LogP contribution in [0.5, 0.6) is 0 Å². The highest BCUT2D eigenvalue weighted by Crippen LogP contribution is 2.24. The van der Waals surface area contributed by atoms with Crippen LogP contribution in [0.4, 0.5) is 5.69 Å². The smallest absolute Gasteiger partial charge is 0.268 e. The summed E-state index contributed by atoms with van der Waals surface area (Å²) in [7, 11) is 0. The van der Waals surface area contributed by atoms with E-state index in [9.17, 15) is 9.59 Å². The van der Waals surface area contributed by atoms with Crippen molar-refractivity contribution in [3.05, 3.63) is 22.6 Å². The Morgan fingerprint density at radius 3 is 2.76 bits per heavy atom. The minimum atomic E-state index is -0.0582. The maximum atomic E-state index is 12.4. The van der Waals surface area contributed by atoms with Gasteiger partial charge in [0, 0.05) is 38.2 Å². The minimum Gasteiger partial charge on any atom is -0.370 e. The molecule has 0 bridgehead atoms. The maximum absolute atomic E-state index is 12.4. The Balaban J connectivity index is 1.54. The van der Waals surface area contributed by atoms with Gasteiger partial charge in [0.1, 0.15) is 0 Å². The van der Waals surface area contributed by atoms with E-state index >= 15 is 0 Å². The third-order valence-electron chi connectivity index (χ3n) is 5.48. The zero-order valence-electron chi connectivity index (χ0n) is 15.2. The molecule has 2 fully saturated rings. The maximum Gasteiger partial charge on any atom is 0.268 e. The summed E-state index contributed by atoms with van der Waals surface area (Å²) in [5, 5.41) is 7.44. The van der Waals surface area contributed by atoms with E-state index in [4.69, 9.17) is 0 Å². The molecule has 1 aliphatic heterocycles. The van der Waals surface area contributed by atoms with Gasteiger partial charge in [-0.1, -0.05) is 19.3 Å². The lowest BCUT2D eigenvalue weighted by molar-refractivity contribution is -0.123.